The molecule has 1 saturated heterocycles. The normalized spacial score (nSPS) is 16.3. The van der Waals surface area contributed by atoms with Crippen molar-refractivity contribution in [3.8, 4) is 5.75 Å². The number of primary amides is 1. The Hall–Kier alpha value is -3.09. The van der Waals surface area contributed by atoms with E-state index in [4.69, 9.17) is 10.5 Å². The molecule has 1 atom stereocenters. The Labute approximate surface area is 171 Å². The van der Waals surface area contributed by atoms with Gasteiger partial charge in [-0.1, -0.05) is 12.1 Å². The van der Waals surface area contributed by atoms with E-state index in [9.17, 15) is 9.59 Å². The summed E-state index contributed by atoms with van der Waals surface area (Å²) in [6.07, 6.45) is 5.03. The Balaban J connectivity index is 1.49. The number of carbonyl (C=O) groups is 2. The van der Waals surface area contributed by atoms with Crippen molar-refractivity contribution in [1.29, 1.82) is 0 Å². The van der Waals surface area contributed by atoms with Gasteiger partial charge in [-0.2, -0.15) is 0 Å². The molecule has 1 aromatic carbocycles. The largest absolute Gasteiger partial charge is 0.497 e. The molecular weight excluding hydrogens is 368 g/mol. The van der Waals surface area contributed by atoms with Crippen LogP contribution in [0.25, 0.3) is 0 Å². The quantitative estimate of drug-likeness (QED) is 0.714. The minimum atomic E-state index is -0.466. The Bertz CT molecular complexity index is 855. The Morgan fingerprint density at radius 2 is 2.17 bits per heavy atom. The molecule has 154 valence electrons. The van der Waals surface area contributed by atoms with E-state index in [2.05, 4.69) is 15.2 Å². The van der Waals surface area contributed by atoms with Gasteiger partial charge in [-0.3, -0.25) is 9.59 Å². The van der Waals surface area contributed by atoms with E-state index in [0.29, 0.717) is 30.3 Å². The summed E-state index contributed by atoms with van der Waals surface area (Å²) < 4.78 is 5.21. The third-order valence-corrected chi connectivity index (χ3v) is 5.27. The average Bonchev–Trinajstić information content (AvgIpc) is 2.76. The van der Waals surface area contributed by atoms with Crippen molar-refractivity contribution >= 4 is 17.6 Å². The number of hydrogen-bond acceptors (Lipinski definition) is 5. The number of rotatable bonds is 8. The van der Waals surface area contributed by atoms with Crippen molar-refractivity contribution < 1.29 is 14.3 Å². The zero-order valence-corrected chi connectivity index (χ0v) is 16.8. The molecule has 1 aliphatic heterocycles. The van der Waals surface area contributed by atoms with Crippen LogP contribution in [0.1, 0.15) is 41.6 Å². The molecule has 1 aliphatic rings. The molecule has 0 spiro atoms. The first kappa shape index (κ1) is 20.6. The molecule has 1 aromatic heterocycles. The lowest BCUT2D eigenvalue weighted by Crippen LogP contribution is -2.37. The molecule has 2 aromatic rings. The molecule has 0 saturated carbocycles. The highest BCUT2D eigenvalue weighted by atomic mass is 16.5. The second-order valence-corrected chi connectivity index (χ2v) is 7.36. The minimum Gasteiger partial charge on any atom is -0.497 e. The van der Waals surface area contributed by atoms with Gasteiger partial charge in [-0.15, -0.1) is 0 Å². The molecule has 0 aliphatic carbocycles. The van der Waals surface area contributed by atoms with E-state index in [1.54, 1.807) is 25.4 Å². The SMILES string of the molecule is COc1cccc(CNC(=O)CCC2CCCN(c3ncccc3C(N)=O)C2)c1. The fourth-order valence-electron chi connectivity index (χ4n) is 3.74. The van der Waals surface area contributed by atoms with E-state index in [-0.39, 0.29) is 5.91 Å². The van der Waals surface area contributed by atoms with Crippen LogP contribution in [-0.4, -0.2) is 37.0 Å². The molecular formula is C22H28N4O3. The number of nitrogens with two attached hydrogens (primary N) is 1. The molecule has 0 bridgehead atoms. The summed E-state index contributed by atoms with van der Waals surface area (Å²) >= 11 is 0. The highest BCUT2D eigenvalue weighted by Gasteiger charge is 2.24. The van der Waals surface area contributed by atoms with Gasteiger partial charge in [0.2, 0.25) is 5.91 Å². The molecule has 7 nitrogen and oxygen atoms in total. The topological polar surface area (TPSA) is 97.6 Å². The van der Waals surface area contributed by atoms with Crippen LogP contribution in [0.3, 0.4) is 0 Å². The molecule has 7 heteroatoms. The molecule has 2 amide bonds. The minimum absolute atomic E-state index is 0.0422. The lowest BCUT2D eigenvalue weighted by Gasteiger charge is -2.34. The number of carbonyl (C=O) groups excluding carboxylic acids is 2. The standard InChI is InChI=1S/C22H28N4O3/c1-29-18-7-2-5-17(13-18)14-25-20(27)10-9-16-6-4-12-26(15-16)22-19(21(23)28)8-3-11-24-22/h2-3,5,7-8,11,13,16H,4,6,9-10,12,14-15H2,1H3,(H2,23,28)(H,25,27). The lowest BCUT2D eigenvalue weighted by atomic mass is 9.93. The fourth-order valence-corrected chi connectivity index (χ4v) is 3.74. The van der Waals surface area contributed by atoms with E-state index >= 15 is 0 Å². The van der Waals surface area contributed by atoms with Crippen LogP contribution in [0, 0.1) is 5.92 Å². The van der Waals surface area contributed by atoms with Gasteiger partial charge >= 0.3 is 0 Å². The molecule has 3 rings (SSSR count). The van der Waals surface area contributed by atoms with Crippen molar-refractivity contribution in [2.75, 3.05) is 25.1 Å². The summed E-state index contributed by atoms with van der Waals surface area (Å²) in [5.41, 5.74) is 6.95. The van der Waals surface area contributed by atoms with Gasteiger partial charge in [0.1, 0.15) is 11.6 Å². The smallest absolute Gasteiger partial charge is 0.252 e. The van der Waals surface area contributed by atoms with Crippen LogP contribution in [0.5, 0.6) is 5.75 Å². The van der Waals surface area contributed by atoms with Crippen LogP contribution in [0.2, 0.25) is 0 Å². The van der Waals surface area contributed by atoms with Crippen molar-refractivity contribution in [3.05, 3.63) is 53.7 Å². The van der Waals surface area contributed by atoms with E-state index in [0.717, 1.165) is 43.7 Å². The van der Waals surface area contributed by atoms with Gasteiger partial charge in [0.25, 0.3) is 5.91 Å². The maximum absolute atomic E-state index is 12.3. The first-order valence-corrected chi connectivity index (χ1v) is 9.96. The highest BCUT2D eigenvalue weighted by Crippen LogP contribution is 2.26. The van der Waals surface area contributed by atoms with Gasteiger partial charge in [0.05, 0.1) is 12.7 Å². The third-order valence-electron chi connectivity index (χ3n) is 5.27. The fraction of sp³-hybridized carbons (Fsp3) is 0.409. The Kier molecular flexibility index (Phi) is 7.05. The van der Waals surface area contributed by atoms with Crippen LogP contribution < -0.4 is 20.7 Å². The van der Waals surface area contributed by atoms with Crippen molar-refractivity contribution in [2.24, 2.45) is 11.7 Å². The number of piperidine rings is 1. The van der Waals surface area contributed by atoms with Crippen molar-refractivity contribution in [1.82, 2.24) is 10.3 Å². The van der Waals surface area contributed by atoms with Gasteiger partial charge in [-0.25, -0.2) is 4.98 Å². The average molecular weight is 396 g/mol. The number of pyridine rings is 1. The molecule has 1 unspecified atom stereocenters. The van der Waals surface area contributed by atoms with Crippen LogP contribution in [-0.2, 0) is 11.3 Å². The number of nitrogens with one attached hydrogen (secondary N) is 1. The van der Waals surface area contributed by atoms with E-state index in [1.165, 1.54) is 0 Å². The van der Waals surface area contributed by atoms with Crippen LogP contribution in [0.15, 0.2) is 42.6 Å². The molecule has 1 fully saturated rings. The van der Waals surface area contributed by atoms with Gasteiger partial charge in [0, 0.05) is 32.3 Å². The Morgan fingerprint density at radius 1 is 1.31 bits per heavy atom. The van der Waals surface area contributed by atoms with E-state index in [1.807, 2.05) is 24.3 Å². The number of amides is 2. The summed E-state index contributed by atoms with van der Waals surface area (Å²) in [6, 6.07) is 11.1. The number of nitrogens with zero attached hydrogens (tertiary/aromatic N) is 2. The summed E-state index contributed by atoms with van der Waals surface area (Å²) in [5, 5.41) is 2.98. The van der Waals surface area contributed by atoms with Crippen LogP contribution >= 0.6 is 0 Å². The monoisotopic (exact) mass is 396 g/mol. The van der Waals surface area contributed by atoms with Crippen LogP contribution in [0.4, 0.5) is 5.82 Å². The second-order valence-electron chi connectivity index (χ2n) is 7.36. The second kappa shape index (κ2) is 9.91. The molecule has 0 radical (unpaired) electrons. The third kappa shape index (κ3) is 5.70. The van der Waals surface area contributed by atoms with Gasteiger partial charge < -0.3 is 20.7 Å². The van der Waals surface area contributed by atoms with Gasteiger partial charge in [0.15, 0.2) is 0 Å². The number of anilines is 1. The molecule has 3 N–H and O–H groups in total. The number of benzene rings is 1. The predicted octanol–water partition coefficient (Wildman–Crippen LogP) is 2.50. The molecule has 29 heavy (non-hydrogen) atoms. The predicted molar refractivity (Wildman–Crippen MR) is 112 cm³/mol. The highest BCUT2D eigenvalue weighted by molar-refractivity contribution is 5.97. The number of methoxy groups -OCH3 is 1. The van der Waals surface area contributed by atoms with E-state index < -0.39 is 5.91 Å². The summed E-state index contributed by atoms with van der Waals surface area (Å²) in [7, 11) is 1.63. The summed E-state index contributed by atoms with van der Waals surface area (Å²) in [5.74, 6) is 1.39. The Morgan fingerprint density at radius 3 is 2.97 bits per heavy atom. The lowest BCUT2D eigenvalue weighted by molar-refractivity contribution is -0.121. The summed E-state index contributed by atoms with van der Waals surface area (Å²) in [4.78, 5) is 30.4. The summed E-state index contributed by atoms with van der Waals surface area (Å²) in [6.45, 7) is 2.11. The van der Waals surface area contributed by atoms with Gasteiger partial charge in [-0.05, 0) is 55.0 Å². The van der Waals surface area contributed by atoms with Crippen molar-refractivity contribution in [3.63, 3.8) is 0 Å². The first-order chi connectivity index (χ1) is 14.1. The maximum atomic E-state index is 12.3. The number of ether oxygens (including phenoxy) is 1. The number of aromatic nitrogens is 1. The molecule has 2 heterocycles. The first-order valence-electron chi connectivity index (χ1n) is 9.96. The zero-order chi connectivity index (χ0) is 20.6. The number of hydrogen-bond donors (Lipinski definition) is 2. The zero-order valence-electron chi connectivity index (χ0n) is 16.8. The maximum Gasteiger partial charge on any atom is 0.252 e. The van der Waals surface area contributed by atoms with Crippen molar-refractivity contribution in [2.45, 2.75) is 32.2 Å².